The summed E-state index contributed by atoms with van der Waals surface area (Å²) < 4.78 is 2.86. The zero-order valence-corrected chi connectivity index (χ0v) is 15.2. The van der Waals surface area contributed by atoms with E-state index in [0.29, 0.717) is 16.1 Å². The molecule has 1 aromatic carbocycles. The highest BCUT2D eigenvalue weighted by Gasteiger charge is 2.27. The number of fused-ring (bicyclic) bond motifs is 1. The van der Waals surface area contributed by atoms with Gasteiger partial charge in [-0.3, -0.25) is 0 Å². The third-order valence-electron chi connectivity index (χ3n) is 3.86. The molecule has 0 radical (unpaired) electrons. The lowest BCUT2D eigenvalue weighted by atomic mass is 10.2. The minimum atomic E-state index is 0.385. The van der Waals surface area contributed by atoms with Gasteiger partial charge in [-0.2, -0.15) is 4.52 Å². The number of thioether (sulfide) groups is 1. The molecule has 1 fully saturated rings. The fourth-order valence-corrected chi connectivity index (χ4v) is 5.13. The fraction of sp³-hybridized carbons (Fsp3) is 0.357. The van der Waals surface area contributed by atoms with Crippen LogP contribution in [0, 0.1) is 0 Å². The number of nitrogens with zero attached hydrogens (tertiary/aromatic N) is 4. The van der Waals surface area contributed by atoms with Gasteiger partial charge in [-0.1, -0.05) is 52.4 Å². The minimum Gasteiger partial charge on any atom is -0.337 e. The van der Waals surface area contributed by atoms with E-state index < -0.39 is 0 Å². The molecule has 0 saturated carbocycles. The standard InChI is InChI=1S/C14H13Cl2N5S2/c15-9-4-3-8(10(16)6-9)7-22-14-20-21-12(11-2-1-5-17-11)18-19-13(21)23-14/h3-4,6,11,17H,1-2,5,7H2/p+1/t11-/m1/s1. The molecule has 1 aliphatic rings. The molecule has 3 aromatic rings. The number of halogens is 2. The Morgan fingerprint density at radius 3 is 3.04 bits per heavy atom. The van der Waals surface area contributed by atoms with Crippen molar-refractivity contribution in [3.63, 3.8) is 0 Å². The molecule has 0 aliphatic carbocycles. The quantitative estimate of drug-likeness (QED) is 0.699. The van der Waals surface area contributed by atoms with Crippen LogP contribution in [-0.4, -0.2) is 26.4 Å². The van der Waals surface area contributed by atoms with Crippen LogP contribution >= 0.6 is 46.3 Å². The van der Waals surface area contributed by atoms with Gasteiger partial charge >= 0.3 is 0 Å². The van der Waals surface area contributed by atoms with Crippen molar-refractivity contribution in [1.29, 1.82) is 0 Å². The van der Waals surface area contributed by atoms with Crippen LogP contribution < -0.4 is 5.32 Å². The first-order valence-corrected chi connectivity index (χ1v) is 9.89. The molecule has 2 N–H and O–H groups in total. The molecule has 23 heavy (non-hydrogen) atoms. The second-order valence-corrected chi connectivity index (χ2v) is 8.44. The predicted molar refractivity (Wildman–Crippen MR) is 93.4 cm³/mol. The lowest BCUT2D eigenvalue weighted by Gasteiger charge is -2.03. The Bertz CT molecular complexity index is 841. The van der Waals surface area contributed by atoms with E-state index in [1.54, 1.807) is 29.2 Å². The number of benzene rings is 1. The van der Waals surface area contributed by atoms with E-state index in [0.717, 1.165) is 39.4 Å². The van der Waals surface area contributed by atoms with Gasteiger partial charge in [0, 0.05) is 28.6 Å². The summed E-state index contributed by atoms with van der Waals surface area (Å²) in [5.74, 6) is 1.72. The van der Waals surface area contributed by atoms with Crippen molar-refractivity contribution >= 4 is 51.3 Å². The van der Waals surface area contributed by atoms with Gasteiger partial charge in [0.15, 0.2) is 4.34 Å². The molecule has 0 amide bonds. The Hall–Kier alpha value is -0.860. The molecule has 3 heterocycles. The Morgan fingerprint density at radius 2 is 2.26 bits per heavy atom. The second-order valence-electron chi connectivity index (χ2n) is 5.42. The molecule has 1 saturated heterocycles. The topological polar surface area (TPSA) is 59.7 Å². The maximum Gasteiger partial charge on any atom is 0.235 e. The van der Waals surface area contributed by atoms with Crippen LogP contribution in [0.3, 0.4) is 0 Å². The van der Waals surface area contributed by atoms with Gasteiger partial charge in [-0.25, -0.2) is 0 Å². The summed E-state index contributed by atoms with van der Waals surface area (Å²) in [7, 11) is 0. The summed E-state index contributed by atoms with van der Waals surface area (Å²) in [6, 6.07) is 5.97. The third-order valence-corrected chi connectivity index (χ3v) is 6.53. The molecule has 120 valence electrons. The number of hydrogen-bond acceptors (Lipinski definition) is 5. The molecule has 0 spiro atoms. The number of hydrogen-bond donors (Lipinski definition) is 1. The van der Waals surface area contributed by atoms with Crippen molar-refractivity contribution in [1.82, 2.24) is 19.8 Å². The summed E-state index contributed by atoms with van der Waals surface area (Å²) in [5, 5.41) is 16.9. The zero-order valence-electron chi connectivity index (χ0n) is 12.1. The first kappa shape index (κ1) is 15.7. The average molecular weight is 387 g/mol. The number of rotatable bonds is 4. The van der Waals surface area contributed by atoms with Gasteiger partial charge in [0.05, 0.1) is 6.54 Å². The van der Waals surface area contributed by atoms with E-state index in [4.69, 9.17) is 23.2 Å². The molecular formula is C14H14Cl2N5S2+. The summed E-state index contributed by atoms with van der Waals surface area (Å²) in [6.07, 6.45) is 2.36. The van der Waals surface area contributed by atoms with Gasteiger partial charge in [0.2, 0.25) is 10.8 Å². The Morgan fingerprint density at radius 1 is 1.35 bits per heavy atom. The summed E-state index contributed by atoms with van der Waals surface area (Å²) in [6.45, 7) is 1.15. The van der Waals surface area contributed by atoms with Crippen LogP contribution in [0.2, 0.25) is 10.0 Å². The van der Waals surface area contributed by atoms with Crippen molar-refractivity contribution in [3.8, 4) is 0 Å². The molecule has 5 nitrogen and oxygen atoms in total. The van der Waals surface area contributed by atoms with Crippen molar-refractivity contribution in [3.05, 3.63) is 39.6 Å². The van der Waals surface area contributed by atoms with Crippen LogP contribution in [0.25, 0.3) is 4.96 Å². The van der Waals surface area contributed by atoms with E-state index in [1.165, 1.54) is 6.42 Å². The monoisotopic (exact) mass is 386 g/mol. The Labute approximate surface area is 151 Å². The zero-order chi connectivity index (χ0) is 15.8. The SMILES string of the molecule is Clc1ccc(CSc2nn3c([C@H]4CCC[NH2+]4)nnc3s2)c(Cl)c1. The Balaban J connectivity index is 1.53. The normalized spacial score (nSPS) is 18.1. The summed E-state index contributed by atoms with van der Waals surface area (Å²) in [4.78, 5) is 0.852. The molecule has 0 bridgehead atoms. The van der Waals surface area contributed by atoms with E-state index in [2.05, 4.69) is 20.6 Å². The van der Waals surface area contributed by atoms with Gasteiger partial charge in [-0.05, 0) is 17.7 Å². The largest absolute Gasteiger partial charge is 0.337 e. The second kappa shape index (κ2) is 6.57. The molecule has 4 rings (SSSR count). The average Bonchev–Trinajstić information content (AvgIpc) is 3.22. The molecule has 1 atom stereocenters. The fourth-order valence-electron chi connectivity index (χ4n) is 2.69. The van der Waals surface area contributed by atoms with Crippen molar-refractivity contribution in [2.45, 2.75) is 29.0 Å². The van der Waals surface area contributed by atoms with Crippen molar-refractivity contribution < 1.29 is 5.32 Å². The van der Waals surface area contributed by atoms with E-state index in [1.807, 2.05) is 16.6 Å². The Kier molecular flexibility index (Phi) is 4.47. The van der Waals surface area contributed by atoms with Crippen LogP contribution in [-0.2, 0) is 5.75 Å². The summed E-state index contributed by atoms with van der Waals surface area (Å²) in [5.41, 5.74) is 1.05. The van der Waals surface area contributed by atoms with Crippen LogP contribution in [0.1, 0.15) is 30.3 Å². The van der Waals surface area contributed by atoms with Gasteiger partial charge in [-0.15, -0.1) is 15.3 Å². The van der Waals surface area contributed by atoms with E-state index in [9.17, 15) is 0 Å². The number of aromatic nitrogens is 4. The first-order chi connectivity index (χ1) is 11.2. The van der Waals surface area contributed by atoms with Crippen LogP contribution in [0.15, 0.2) is 22.5 Å². The highest BCUT2D eigenvalue weighted by atomic mass is 35.5. The maximum atomic E-state index is 6.22. The van der Waals surface area contributed by atoms with Crippen molar-refractivity contribution in [2.75, 3.05) is 6.54 Å². The maximum absolute atomic E-state index is 6.22. The highest BCUT2D eigenvalue weighted by molar-refractivity contribution is 8.00. The lowest BCUT2D eigenvalue weighted by molar-refractivity contribution is -0.677. The summed E-state index contributed by atoms with van der Waals surface area (Å²) >= 11 is 15.4. The molecular weight excluding hydrogens is 373 g/mol. The third kappa shape index (κ3) is 3.21. The van der Waals surface area contributed by atoms with Crippen LogP contribution in [0.5, 0.6) is 0 Å². The van der Waals surface area contributed by atoms with Crippen molar-refractivity contribution in [2.24, 2.45) is 0 Å². The minimum absolute atomic E-state index is 0.385. The van der Waals surface area contributed by atoms with Crippen LogP contribution in [0.4, 0.5) is 0 Å². The molecule has 1 aliphatic heterocycles. The lowest BCUT2D eigenvalue weighted by Crippen LogP contribution is -2.82. The van der Waals surface area contributed by atoms with E-state index in [-0.39, 0.29) is 0 Å². The van der Waals surface area contributed by atoms with Gasteiger partial charge < -0.3 is 5.32 Å². The number of quaternary nitrogens is 1. The van der Waals surface area contributed by atoms with E-state index >= 15 is 0 Å². The first-order valence-electron chi connectivity index (χ1n) is 7.33. The molecule has 2 aromatic heterocycles. The molecule has 9 heteroatoms. The molecule has 0 unspecified atom stereocenters. The van der Waals surface area contributed by atoms with Gasteiger partial charge in [0.1, 0.15) is 6.04 Å². The highest BCUT2D eigenvalue weighted by Crippen LogP contribution is 2.31. The predicted octanol–water partition coefficient (Wildman–Crippen LogP) is 3.18. The van der Waals surface area contributed by atoms with Gasteiger partial charge in [0.25, 0.3) is 0 Å². The smallest absolute Gasteiger partial charge is 0.235 e. The number of nitrogens with two attached hydrogens (primary N) is 1.